The fourth-order valence-corrected chi connectivity index (χ4v) is 2.66. The Kier molecular flexibility index (Phi) is 5.88. The van der Waals surface area contributed by atoms with E-state index in [0.717, 1.165) is 22.6 Å². The highest BCUT2D eigenvalue weighted by molar-refractivity contribution is 5.55. The highest BCUT2D eigenvalue weighted by Gasteiger charge is 2.14. The Labute approximate surface area is 162 Å². The van der Waals surface area contributed by atoms with Crippen LogP contribution in [0.3, 0.4) is 0 Å². The summed E-state index contributed by atoms with van der Waals surface area (Å²) in [6, 6.07) is 11.2. The van der Waals surface area contributed by atoms with Gasteiger partial charge in [0.25, 0.3) is 5.89 Å². The van der Waals surface area contributed by atoms with E-state index in [0.29, 0.717) is 17.3 Å². The molecular weight excluding hydrogens is 360 g/mol. The van der Waals surface area contributed by atoms with Gasteiger partial charge < -0.3 is 19.2 Å². The van der Waals surface area contributed by atoms with Crippen molar-refractivity contribution in [1.29, 1.82) is 0 Å². The average molecular weight is 382 g/mol. The van der Waals surface area contributed by atoms with Crippen molar-refractivity contribution >= 4 is 17.4 Å². The topological polar surface area (TPSA) is 98.8 Å². The van der Waals surface area contributed by atoms with Crippen molar-refractivity contribution in [2.45, 2.75) is 33.3 Å². The number of hydrogen-bond donors (Lipinski definition) is 1. The molecule has 0 saturated heterocycles. The average Bonchev–Trinajstić information content (AvgIpc) is 3.14. The van der Waals surface area contributed by atoms with Crippen LogP contribution in [0, 0.1) is 11.8 Å². The zero-order valence-electron chi connectivity index (χ0n) is 16.2. The van der Waals surface area contributed by atoms with Crippen LogP contribution in [0.5, 0.6) is 11.5 Å². The second-order valence-electron chi connectivity index (χ2n) is 6.57. The molecule has 0 aliphatic heterocycles. The predicted molar refractivity (Wildman–Crippen MR) is 106 cm³/mol. The lowest BCUT2D eigenvalue weighted by Crippen LogP contribution is -2.01. The molecule has 0 fully saturated rings. The van der Waals surface area contributed by atoms with Gasteiger partial charge in [-0.05, 0) is 65.5 Å². The Hall–Kier alpha value is -3.42. The van der Waals surface area contributed by atoms with Gasteiger partial charge >= 0.3 is 6.01 Å². The maximum absolute atomic E-state index is 10.9. The van der Waals surface area contributed by atoms with E-state index in [1.54, 1.807) is 19.2 Å². The molecule has 8 heteroatoms. The number of ether oxygens (including phenoxy) is 2. The number of aromatic nitrogens is 2. The molecule has 8 nitrogen and oxygen atoms in total. The zero-order valence-corrected chi connectivity index (χ0v) is 16.2. The zero-order chi connectivity index (χ0) is 20.1. The molecule has 0 saturated carbocycles. The van der Waals surface area contributed by atoms with Crippen LogP contribution >= 0.6 is 0 Å². The normalized spacial score (nSPS) is 10.8. The molecule has 1 aromatic heterocycles. The van der Waals surface area contributed by atoms with Crippen molar-refractivity contribution in [3.63, 3.8) is 0 Å². The molecule has 0 aliphatic rings. The summed E-state index contributed by atoms with van der Waals surface area (Å²) in [6.07, 6.45) is 0. The van der Waals surface area contributed by atoms with E-state index >= 15 is 0 Å². The minimum Gasteiger partial charge on any atom is -0.497 e. The van der Waals surface area contributed by atoms with Crippen LogP contribution in [-0.2, 0) is 6.61 Å². The van der Waals surface area contributed by atoms with Crippen LogP contribution in [-0.4, -0.2) is 17.3 Å². The van der Waals surface area contributed by atoms with Gasteiger partial charge in [0.05, 0.1) is 7.11 Å². The Balaban J connectivity index is 1.68. The van der Waals surface area contributed by atoms with Crippen molar-refractivity contribution in [2.75, 3.05) is 12.4 Å². The van der Waals surface area contributed by atoms with Crippen molar-refractivity contribution in [1.82, 2.24) is 10.2 Å². The third-order valence-corrected chi connectivity index (χ3v) is 4.21. The molecule has 2 aromatic carbocycles. The molecule has 146 valence electrons. The Morgan fingerprint density at radius 3 is 2.57 bits per heavy atom. The molecule has 3 rings (SSSR count). The van der Waals surface area contributed by atoms with E-state index in [-0.39, 0.29) is 18.5 Å². The van der Waals surface area contributed by atoms with Gasteiger partial charge in [-0.15, -0.1) is 10.0 Å². The molecule has 0 spiro atoms. The van der Waals surface area contributed by atoms with Crippen molar-refractivity contribution in [3.05, 3.63) is 58.3 Å². The van der Waals surface area contributed by atoms with Gasteiger partial charge in [-0.3, -0.25) is 0 Å². The van der Waals surface area contributed by atoms with E-state index < -0.39 is 0 Å². The Morgan fingerprint density at radius 2 is 1.93 bits per heavy atom. The monoisotopic (exact) mass is 382 g/mol. The quantitative estimate of drug-likeness (QED) is 0.532. The Morgan fingerprint density at radius 1 is 1.18 bits per heavy atom. The summed E-state index contributed by atoms with van der Waals surface area (Å²) in [4.78, 5) is 10.9. The van der Waals surface area contributed by atoms with Gasteiger partial charge in [-0.1, -0.05) is 18.9 Å². The number of benzene rings is 2. The summed E-state index contributed by atoms with van der Waals surface area (Å²) in [5.74, 6) is 1.94. The first kappa shape index (κ1) is 19.3. The number of anilines is 2. The lowest BCUT2D eigenvalue weighted by Gasteiger charge is -2.14. The summed E-state index contributed by atoms with van der Waals surface area (Å²) in [6.45, 7) is 5.98. The second kappa shape index (κ2) is 8.51. The van der Waals surface area contributed by atoms with Gasteiger partial charge in [0.15, 0.2) is 6.61 Å². The fourth-order valence-electron chi connectivity index (χ4n) is 2.66. The first-order valence-corrected chi connectivity index (χ1v) is 8.84. The van der Waals surface area contributed by atoms with Crippen LogP contribution in [0.1, 0.15) is 36.8 Å². The number of nitrogens with one attached hydrogen (secondary N) is 1. The molecular formula is C20H22N4O4. The van der Waals surface area contributed by atoms with Crippen molar-refractivity contribution < 1.29 is 13.9 Å². The second-order valence-corrected chi connectivity index (χ2v) is 6.57. The van der Waals surface area contributed by atoms with Crippen LogP contribution in [0.4, 0.5) is 17.4 Å². The SMILES string of the molecule is COc1ccc(Nc2nnc(COc3cc(C)c(N=O)cc3C(C)C)o2)cc1. The fraction of sp³-hybridized carbons (Fsp3) is 0.300. The first-order chi connectivity index (χ1) is 13.5. The first-order valence-electron chi connectivity index (χ1n) is 8.84. The number of nitroso groups, excluding NO2 is 1. The van der Waals surface area contributed by atoms with E-state index in [1.807, 2.05) is 45.0 Å². The van der Waals surface area contributed by atoms with Crippen molar-refractivity contribution in [3.8, 4) is 11.5 Å². The number of nitrogens with zero attached hydrogens (tertiary/aromatic N) is 3. The number of aryl methyl sites for hydroxylation is 1. The van der Waals surface area contributed by atoms with Crippen LogP contribution in [0.15, 0.2) is 46.0 Å². The predicted octanol–water partition coefficient (Wildman–Crippen LogP) is 5.23. The minimum atomic E-state index is 0.115. The third kappa shape index (κ3) is 4.46. The summed E-state index contributed by atoms with van der Waals surface area (Å²) >= 11 is 0. The van der Waals surface area contributed by atoms with Gasteiger partial charge in [-0.25, -0.2) is 0 Å². The lowest BCUT2D eigenvalue weighted by molar-refractivity contribution is 0.261. The van der Waals surface area contributed by atoms with Gasteiger partial charge in [-0.2, -0.15) is 0 Å². The van der Waals surface area contributed by atoms with Gasteiger partial charge in [0, 0.05) is 5.69 Å². The third-order valence-electron chi connectivity index (χ3n) is 4.21. The molecule has 0 unspecified atom stereocenters. The molecule has 0 aliphatic carbocycles. The van der Waals surface area contributed by atoms with Crippen LogP contribution < -0.4 is 14.8 Å². The molecule has 0 atom stereocenters. The van der Waals surface area contributed by atoms with Crippen LogP contribution in [0.25, 0.3) is 0 Å². The van der Waals surface area contributed by atoms with Crippen LogP contribution in [0.2, 0.25) is 0 Å². The van der Waals surface area contributed by atoms with E-state index in [9.17, 15) is 4.91 Å². The highest BCUT2D eigenvalue weighted by Crippen LogP contribution is 2.34. The van der Waals surface area contributed by atoms with E-state index in [1.165, 1.54) is 0 Å². The summed E-state index contributed by atoms with van der Waals surface area (Å²) in [7, 11) is 1.61. The molecule has 3 aromatic rings. The standard InChI is InChI=1S/C20H22N4O4/c1-12(2)16-10-17(24-25)13(3)9-18(16)27-11-19-22-23-20(28-19)21-14-5-7-15(26-4)8-6-14/h5-10,12H,11H2,1-4H3,(H,21,23). The number of methoxy groups -OCH3 is 1. The number of rotatable bonds is 8. The molecule has 0 amide bonds. The molecule has 0 bridgehead atoms. The maximum Gasteiger partial charge on any atom is 0.320 e. The highest BCUT2D eigenvalue weighted by atomic mass is 16.5. The minimum absolute atomic E-state index is 0.115. The summed E-state index contributed by atoms with van der Waals surface area (Å²) in [5.41, 5.74) is 2.87. The van der Waals surface area contributed by atoms with Gasteiger partial charge in [0.1, 0.15) is 17.2 Å². The molecule has 1 N–H and O–H groups in total. The molecule has 1 heterocycles. The van der Waals surface area contributed by atoms with Gasteiger partial charge in [0.2, 0.25) is 0 Å². The molecule has 0 radical (unpaired) electrons. The summed E-state index contributed by atoms with van der Waals surface area (Å²) < 4.78 is 16.6. The number of hydrogen-bond acceptors (Lipinski definition) is 8. The van der Waals surface area contributed by atoms with Crippen molar-refractivity contribution in [2.24, 2.45) is 5.18 Å². The van der Waals surface area contributed by atoms with E-state index in [4.69, 9.17) is 13.9 Å². The van der Waals surface area contributed by atoms with E-state index in [2.05, 4.69) is 20.7 Å². The lowest BCUT2D eigenvalue weighted by atomic mass is 9.99. The maximum atomic E-state index is 10.9. The summed E-state index contributed by atoms with van der Waals surface area (Å²) in [5, 5.41) is 14.1. The largest absolute Gasteiger partial charge is 0.497 e. The Bertz CT molecular complexity index is 951. The molecule has 28 heavy (non-hydrogen) atoms. The smallest absolute Gasteiger partial charge is 0.320 e.